The highest BCUT2D eigenvalue weighted by Crippen LogP contribution is 2.50. The van der Waals surface area contributed by atoms with E-state index in [0.29, 0.717) is 34.7 Å². The highest BCUT2D eigenvalue weighted by molar-refractivity contribution is 7.18. The van der Waals surface area contributed by atoms with E-state index in [2.05, 4.69) is 15.5 Å². The molecule has 1 aliphatic rings. The number of rotatable bonds is 5. The minimum atomic E-state index is -0.400. The van der Waals surface area contributed by atoms with Crippen LogP contribution in [0.3, 0.4) is 0 Å². The zero-order valence-corrected chi connectivity index (χ0v) is 12.6. The van der Waals surface area contributed by atoms with Crippen LogP contribution in [0.4, 0.5) is 10.7 Å². The van der Waals surface area contributed by atoms with Crippen molar-refractivity contribution in [2.24, 2.45) is 0 Å². The molecule has 21 heavy (non-hydrogen) atoms. The third-order valence-corrected chi connectivity index (χ3v) is 4.48. The summed E-state index contributed by atoms with van der Waals surface area (Å²) >= 11 is 1.32. The number of carbonyl (C=O) groups excluding carboxylic acids is 1. The van der Waals surface area contributed by atoms with E-state index in [-0.39, 0.29) is 0 Å². The van der Waals surface area contributed by atoms with Crippen LogP contribution >= 0.6 is 11.3 Å². The van der Waals surface area contributed by atoms with Gasteiger partial charge in [0.05, 0.1) is 24.3 Å². The van der Waals surface area contributed by atoms with Crippen LogP contribution < -0.4 is 11.1 Å². The molecule has 0 atom stereocenters. The summed E-state index contributed by atoms with van der Waals surface area (Å²) in [7, 11) is 1.35. The van der Waals surface area contributed by atoms with Gasteiger partial charge in [-0.05, 0) is 18.8 Å². The summed E-state index contributed by atoms with van der Waals surface area (Å²) in [5.41, 5.74) is 7.66. The Morgan fingerprint density at radius 1 is 1.57 bits per heavy atom. The van der Waals surface area contributed by atoms with E-state index < -0.39 is 5.97 Å². The van der Waals surface area contributed by atoms with Crippen LogP contribution in [0.5, 0.6) is 0 Å². The molecule has 2 heterocycles. The van der Waals surface area contributed by atoms with E-state index in [9.17, 15) is 4.79 Å². The quantitative estimate of drug-likeness (QED) is 0.817. The normalized spacial score (nSPS) is 14.2. The molecule has 0 spiro atoms. The molecule has 0 saturated heterocycles. The maximum atomic E-state index is 11.8. The van der Waals surface area contributed by atoms with Crippen LogP contribution in [-0.4, -0.2) is 23.2 Å². The SMILES string of the molecule is COC(=O)c1sc(NCc2noc(C)n2)c(C2CC2)c1N. The number of ether oxygens (including phenoxy) is 1. The molecule has 3 rings (SSSR count). The molecule has 2 aromatic heterocycles. The summed E-state index contributed by atoms with van der Waals surface area (Å²) in [6.07, 6.45) is 2.19. The van der Waals surface area contributed by atoms with Gasteiger partial charge < -0.3 is 20.3 Å². The number of thiophene rings is 1. The molecular weight excluding hydrogens is 292 g/mol. The van der Waals surface area contributed by atoms with E-state index in [1.165, 1.54) is 18.4 Å². The standard InChI is InChI=1S/C13H16N4O3S/c1-6-16-8(17-20-6)5-15-12-9(7-3-4-7)10(14)11(21-12)13(18)19-2/h7,15H,3-5,14H2,1-2H3. The number of nitrogens with zero attached hydrogens (tertiary/aromatic N) is 2. The molecule has 7 nitrogen and oxygen atoms in total. The number of hydrogen-bond donors (Lipinski definition) is 2. The Bertz CT molecular complexity index is 675. The van der Waals surface area contributed by atoms with Gasteiger partial charge >= 0.3 is 5.97 Å². The van der Waals surface area contributed by atoms with Gasteiger partial charge in [-0.15, -0.1) is 11.3 Å². The number of carbonyl (C=O) groups is 1. The van der Waals surface area contributed by atoms with Crippen molar-refractivity contribution in [1.29, 1.82) is 0 Å². The van der Waals surface area contributed by atoms with Crippen molar-refractivity contribution in [1.82, 2.24) is 10.1 Å². The molecule has 1 aliphatic carbocycles. The van der Waals surface area contributed by atoms with Gasteiger partial charge in [0.25, 0.3) is 0 Å². The molecule has 0 bridgehead atoms. The number of nitrogens with one attached hydrogen (secondary N) is 1. The molecule has 0 amide bonds. The van der Waals surface area contributed by atoms with Crippen LogP contribution in [0.15, 0.2) is 4.52 Å². The summed E-state index contributed by atoms with van der Waals surface area (Å²) in [5, 5.41) is 7.97. The monoisotopic (exact) mass is 308 g/mol. The van der Waals surface area contributed by atoms with Gasteiger partial charge in [0.2, 0.25) is 5.89 Å². The van der Waals surface area contributed by atoms with Crippen molar-refractivity contribution in [3.05, 3.63) is 22.2 Å². The molecule has 1 fully saturated rings. The van der Waals surface area contributed by atoms with Crippen molar-refractivity contribution in [2.45, 2.75) is 32.2 Å². The fraction of sp³-hybridized carbons (Fsp3) is 0.462. The second-order valence-electron chi connectivity index (χ2n) is 4.94. The van der Waals surface area contributed by atoms with Crippen molar-refractivity contribution in [3.8, 4) is 0 Å². The largest absolute Gasteiger partial charge is 0.465 e. The molecule has 0 radical (unpaired) electrons. The Kier molecular flexibility index (Phi) is 3.54. The van der Waals surface area contributed by atoms with Crippen LogP contribution in [-0.2, 0) is 11.3 Å². The van der Waals surface area contributed by atoms with Crippen LogP contribution in [0.2, 0.25) is 0 Å². The van der Waals surface area contributed by atoms with Gasteiger partial charge in [0.15, 0.2) is 5.82 Å². The third kappa shape index (κ3) is 2.71. The van der Waals surface area contributed by atoms with Gasteiger partial charge in [-0.2, -0.15) is 4.98 Å². The minimum Gasteiger partial charge on any atom is -0.465 e. The summed E-state index contributed by atoms with van der Waals surface area (Å²) in [4.78, 5) is 16.3. The number of aryl methyl sites for hydroxylation is 1. The number of aromatic nitrogens is 2. The van der Waals surface area contributed by atoms with E-state index in [1.807, 2.05) is 0 Å². The number of nitrogen functional groups attached to an aromatic ring is 1. The lowest BCUT2D eigenvalue weighted by Gasteiger charge is -2.04. The molecule has 0 unspecified atom stereocenters. The Morgan fingerprint density at radius 3 is 2.90 bits per heavy atom. The van der Waals surface area contributed by atoms with Gasteiger partial charge in [0, 0.05) is 12.5 Å². The van der Waals surface area contributed by atoms with E-state index in [4.69, 9.17) is 15.0 Å². The first-order valence-electron chi connectivity index (χ1n) is 6.63. The molecule has 0 aliphatic heterocycles. The van der Waals surface area contributed by atoms with Gasteiger partial charge in [-0.1, -0.05) is 5.16 Å². The van der Waals surface area contributed by atoms with Crippen LogP contribution in [0.1, 0.15) is 45.7 Å². The lowest BCUT2D eigenvalue weighted by atomic mass is 10.1. The topological polar surface area (TPSA) is 103 Å². The average Bonchev–Trinajstić information content (AvgIpc) is 3.13. The number of anilines is 2. The first kappa shape index (κ1) is 13.9. The molecule has 1 saturated carbocycles. The predicted octanol–water partition coefficient (Wildman–Crippen LogP) is 2.30. The van der Waals surface area contributed by atoms with E-state index in [0.717, 1.165) is 23.4 Å². The average molecular weight is 308 g/mol. The van der Waals surface area contributed by atoms with Crippen LogP contribution in [0, 0.1) is 6.92 Å². The smallest absolute Gasteiger partial charge is 0.350 e. The Hall–Kier alpha value is -2.09. The van der Waals surface area contributed by atoms with Crippen LogP contribution in [0.25, 0.3) is 0 Å². The Balaban J connectivity index is 1.84. The second kappa shape index (κ2) is 5.36. The first-order chi connectivity index (χ1) is 10.1. The van der Waals surface area contributed by atoms with Gasteiger partial charge in [-0.25, -0.2) is 4.79 Å². The summed E-state index contributed by atoms with van der Waals surface area (Å²) in [5.74, 6) is 1.12. The zero-order valence-electron chi connectivity index (χ0n) is 11.8. The molecule has 112 valence electrons. The fourth-order valence-corrected chi connectivity index (χ4v) is 3.30. The minimum absolute atomic E-state index is 0.400. The number of nitrogens with two attached hydrogens (primary N) is 1. The van der Waals surface area contributed by atoms with Gasteiger partial charge in [-0.3, -0.25) is 0 Å². The first-order valence-corrected chi connectivity index (χ1v) is 7.45. The second-order valence-corrected chi connectivity index (χ2v) is 5.96. The lowest BCUT2D eigenvalue weighted by molar-refractivity contribution is 0.0607. The van der Waals surface area contributed by atoms with Crippen molar-refractivity contribution >= 4 is 28.0 Å². The number of esters is 1. The van der Waals surface area contributed by atoms with Crippen molar-refractivity contribution in [2.75, 3.05) is 18.2 Å². The van der Waals surface area contributed by atoms with Gasteiger partial charge in [0.1, 0.15) is 4.88 Å². The molecular formula is C13H16N4O3S. The van der Waals surface area contributed by atoms with Crippen molar-refractivity contribution < 1.29 is 14.1 Å². The number of hydrogen-bond acceptors (Lipinski definition) is 8. The fourth-order valence-electron chi connectivity index (χ4n) is 2.18. The van der Waals surface area contributed by atoms with E-state index >= 15 is 0 Å². The maximum absolute atomic E-state index is 11.8. The number of methoxy groups -OCH3 is 1. The highest BCUT2D eigenvalue weighted by atomic mass is 32.1. The molecule has 0 aromatic carbocycles. The molecule has 8 heteroatoms. The summed E-state index contributed by atoms with van der Waals surface area (Å²) in [6.45, 7) is 2.17. The highest BCUT2D eigenvalue weighted by Gasteiger charge is 2.33. The van der Waals surface area contributed by atoms with E-state index in [1.54, 1.807) is 6.92 Å². The van der Waals surface area contributed by atoms with Crippen molar-refractivity contribution in [3.63, 3.8) is 0 Å². The Morgan fingerprint density at radius 2 is 2.33 bits per heavy atom. The predicted molar refractivity (Wildman–Crippen MR) is 78.4 cm³/mol. The summed E-state index contributed by atoms with van der Waals surface area (Å²) in [6, 6.07) is 0. The zero-order chi connectivity index (χ0) is 15.0. The third-order valence-electron chi connectivity index (χ3n) is 3.32. The molecule has 2 aromatic rings. The lowest BCUT2D eigenvalue weighted by Crippen LogP contribution is -2.03. The maximum Gasteiger partial charge on any atom is 0.350 e. The molecule has 3 N–H and O–H groups in total. The summed E-state index contributed by atoms with van der Waals surface area (Å²) < 4.78 is 9.71. The Labute approximate surface area is 125 Å².